The second-order valence-electron chi connectivity index (χ2n) is 4.33. The van der Waals surface area contributed by atoms with Gasteiger partial charge in [0, 0.05) is 6.04 Å². The lowest BCUT2D eigenvalue weighted by atomic mass is 10.1. The third-order valence-electron chi connectivity index (χ3n) is 1.57. The highest BCUT2D eigenvalue weighted by Gasteiger charge is 2.14. The Morgan fingerprint density at radius 2 is 1.73 bits per heavy atom. The molecule has 0 aromatic rings. The number of rotatable bonds is 3. The van der Waals surface area contributed by atoms with Gasteiger partial charge in [0.15, 0.2) is 0 Å². The Hall–Kier alpha value is -0.0800. The lowest BCUT2D eigenvalue weighted by Crippen LogP contribution is -2.35. The summed E-state index contributed by atoms with van der Waals surface area (Å²) >= 11 is 0. The third kappa shape index (κ3) is 6.32. The van der Waals surface area contributed by atoms with Gasteiger partial charge in [0.2, 0.25) is 0 Å². The first-order valence-corrected chi connectivity index (χ1v) is 4.22. The van der Waals surface area contributed by atoms with Crippen molar-refractivity contribution in [3.8, 4) is 0 Å². The topological polar surface area (TPSA) is 35.2 Å². The molecule has 2 heteroatoms. The van der Waals surface area contributed by atoms with E-state index < -0.39 is 0 Å². The van der Waals surface area contributed by atoms with Crippen LogP contribution in [0.3, 0.4) is 0 Å². The van der Waals surface area contributed by atoms with Crippen molar-refractivity contribution in [3.63, 3.8) is 0 Å². The molecule has 0 saturated carbocycles. The molecule has 0 aromatic heterocycles. The molecule has 68 valence electrons. The Morgan fingerprint density at radius 3 is 2.00 bits per heavy atom. The number of ether oxygens (including phenoxy) is 1. The Bertz CT molecular complexity index is 105. The van der Waals surface area contributed by atoms with Gasteiger partial charge in [-0.3, -0.25) is 0 Å². The average Bonchev–Trinajstić information content (AvgIpc) is 1.80. The van der Waals surface area contributed by atoms with Gasteiger partial charge in [-0.25, -0.2) is 0 Å². The second kappa shape index (κ2) is 4.07. The summed E-state index contributed by atoms with van der Waals surface area (Å²) < 4.78 is 5.53. The zero-order chi connectivity index (χ0) is 9.07. The van der Waals surface area contributed by atoms with Crippen LogP contribution in [0.2, 0.25) is 0 Å². The SMILES string of the molecule is CC(C)[C@H](N)COC(C)(C)C. The molecule has 0 aliphatic rings. The van der Waals surface area contributed by atoms with E-state index in [1.807, 2.05) is 20.8 Å². The van der Waals surface area contributed by atoms with Gasteiger partial charge in [-0.05, 0) is 26.7 Å². The zero-order valence-corrected chi connectivity index (χ0v) is 8.35. The molecule has 0 amide bonds. The van der Waals surface area contributed by atoms with Crippen LogP contribution in [0.5, 0.6) is 0 Å². The van der Waals surface area contributed by atoms with Crippen LogP contribution in [0, 0.1) is 5.92 Å². The molecule has 0 radical (unpaired) electrons. The van der Waals surface area contributed by atoms with Gasteiger partial charge >= 0.3 is 0 Å². The number of nitrogens with two attached hydrogens (primary N) is 1. The van der Waals surface area contributed by atoms with E-state index in [-0.39, 0.29) is 11.6 Å². The minimum absolute atomic E-state index is 0.0630. The summed E-state index contributed by atoms with van der Waals surface area (Å²) in [7, 11) is 0. The summed E-state index contributed by atoms with van der Waals surface area (Å²) in [6.45, 7) is 11.0. The lowest BCUT2D eigenvalue weighted by molar-refractivity contribution is -0.0148. The van der Waals surface area contributed by atoms with Crippen LogP contribution in [0.25, 0.3) is 0 Å². The molecule has 11 heavy (non-hydrogen) atoms. The number of hydrogen-bond acceptors (Lipinski definition) is 2. The highest BCUT2D eigenvalue weighted by molar-refractivity contribution is 4.67. The fourth-order valence-electron chi connectivity index (χ4n) is 0.539. The zero-order valence-electron chi connectivity index (χ0n) is 8.35. The predicted molar refractivity (Wildman–Crippen MR) is 48.5 cm³/mol. The predicted octanol–water partition coefficient (Wildman–Crippen LogP) is 1.78. The molecule has 0 aliphatic heterocycles. The molecule has 0 aliphatic carbocycles. The van der Waals surface area contributed by atoms with Crippen molar-refractivity contribution in [2.24, 2.45) is 11.7 Å². The van der Waals surface area contributed by atoms with Crippen molar-refractivity contribution in [2.45, 2.75) is 46.3 Å². The largest absolute Gasteiger partial charge is 0.374 e. The molecule has 2 N–H and O–H groups in total. The van der Waals surface area contributed by atoms with E-state index in [2.05, 4.69) is 13.8 Å². The summed E-state index contributed by atoms with van der Waals surface area (Å²) in [5.41, 5.74) is 5.74. The van der Waals surface area contributed by atoms with Crippen molar-refractivity contribution in [1.29, 1.82) is 0 Å². The van der Waals surface area contributed by atoms with Crippen LogP contribution in [0.15, 0.2) is 0 Å². The van der Waals surface area contributed by atoms with Gasteiger partial charge < -0.3 is 10.5 Å². The van der Waals surface area contributed by atoms with E-state index in [0.29, 0.717) is 12.5 Å². The first-order valence-electron chi connectivity index (χ1n) is 4.22. The Labute approximate surface area is 70.1 Å². The van der Waals surface area contributed by atoms with Crippen molar-refractivity contribution in [2.75, 3.05) is 6.61 Å². The minimum Gasteiger partial charge on any atom is -0.374 e. The van der Waals surface area contributed by atoms with Crippen LogP contribution in [0.1, 0.15) is 34.6 Å². The smallest absolute Gasteiger partial charge is 0.0627 e. The fourth-order valence-corrected chi connectivity index (χ4v) is 0.539. The Kier molecular flexibility index (Phi) is 4.04. The van der Waals surface area contributed by atoms with Gasteiger partial charge in [0.25, 0.3) is 0 Å². The molecule has 0 rings (SSSR count). The fraction of sp³-hybridized carbons (Fsp3) is 1.00. The molecular formula is C9H21NO. The van der Waals surface area contributed by atoms with E-state index in [9.17, 15) is 0 Å². The molecular weight excluding hydrogens is 138 g/mol. The van der Waals surface area contributed by atoms with Gasteiger partial charge in [0.05, 0.1) is 12.2 Å². The maximum Gasteiger partial charge on any atom is 0.0627 e. The monoisotopic (exact) mass is 159 g/mol. The van der Waals surface area contributed by atoms with Crippen LogP contribution < -0.4 is 5.73 Å². The van der Waals surface area contributed by atoms with Crippen LogP contribution >= 0.6 is 0 Å². The van der Waals surface area contributed by atoms with Gasteiger partial charge in [0.1, 0.15) is 0 Å². The molecule has 0 saturated heterocycles. The van der Waals surface area contributed by atoms with Crippen LogP contribution in [-0.4, -0.2) is 18.2 Å². The summed E-state index contributed by atoms with van der Waals surface area (Å²) in [5.74, 6) is 0.498. The maximum absolute atomic E-state index is 5.80. The van der Waals surface area contributed by atoms with E-state index in [1.165, 1.54) is 0 Å². The molecule has 0 spiro atoms. The van der Waals surface area contributed by atoms with Crippen LogP contribution in [0.4, 0.5) is 0 Å². The quantitative estimate of drug-likeness (QED) is 0.681. The average molecular weight is 159 g/mol. The molecule has 0 aromatic carbocycles. The summed E-state index contributed by atoms with van der Waals surface area (Å²) in [6.07, 6.45) is 0. The molecule has 0 bridgehead atoms. The number of hydrogen-bond donors (Lipinski definition) is 1. The van der Waals surface area contributed by atoms with E-state index in [1.54, 1.807) is 0 Å². The maximum atomic E-state index is 5.80. The highest BCUT2D eigenvalue weighted by Crippen LogP contribution is 2.08. The van der Waals surface area contributed by atoms with Crippen molar-refractivity contribution >= 4 is 0 Å². The normalized spacial score (nSPS) is 15.5. The molecule has 0 unspecified atom stereocenters. The second-order valence-corrected chi connectivity index (χ2v) is 4.33. The Morgan fingerprint density at radius 1 is 1.27 bits per heavy atom. The van der Waals surface area contributed by atoms with E-state index >= 15 is 0 Å². The highest BCUT2D eigenvalue weighted by atomic mass is 16.5. The van der Waals surface area contributed by atoms with Crippen molar-refractivity contribution in [3.05, 3.63) is 0 Å². The standard InChI is InChI=1S/C9H21NO/c1-7(2)8(10)6-11-9(3,4)5/h7-8H,6,10H2,1-5H3/t8-/m1/s1. The molecule has 0 fully saturated rings. The summed E-state index contributed by atoms with van der Waals surface area (Å²) in [4.78, 5) is 0. The summed E-state index contributed by atoms with van der Waals surface area (Å²) in [5, 5.41) is 0. The first kappa shape index (κ1) is 10.9. The van der Waals surface area contributed by atoms with E-state index in [4.69, 9.17) is 10.5 Å². The minimum atomic E-state index is -0.0630. The van der Waals surface area contributed by atoms with Gasteiger partial charge in [-0.2, -0.15) is 0 Å². The van der Waals surface area contributed by atoms with E-state index in [0.717, 1.165) is 0 Å². The summed E-state index contributed by atoms with van der Waals surface area (Å²) in [6, 6.07) is 0.161. The molecule has 0 heterocycles. The Balaban J connectivity index is 3.54. The van der Waals surface area contributed by atoms with Crippen molar-refractivity contribution < 1.29 is 4.74 Å². The lowest BCUT2D eigenvalue weighted by Gasteiger charge is -2.24. The molecule has 1 atom stereocenters. The first-order chi connectivity index (χ1) is 4.83. The van der Waals surface area contributed by atoms with Crippen molar-refractivity contribution in [1.82, 2.24) is 0 Å². The van der Waals surface area contributed by atoms with Gasteiger partial charge in [-0.15, -0.1) is 0 Å². The molecule has 2 nitrogen and oxygen atoms in total. The van der Waals surface area contributed by atoms with Crippen LogP contribution in [-0.2, 0) is 4.74 Å². The third-order valence-corrected chi connectivity index (χ3v) is 1.57. The van der Waals surface area contributed by atoms with Gasteiger partial charge in [-0.1, -0.05) is 13.8 Å².